The molecule has 0 aliphatic rings. The van der Waals surface area contributed by atoms with Gasteiger partial charge in [0.2, 0.25) is 0 Å². The lowest BCUT2D eigenvalue weighted by molar-refractivity contribution is 0.265. The van der Waals surface area contributed by atoms with Crippen molar-refractivity contribution < 1.29 is 5.11 Å². The summed E-state index contributed by atoms with van der Waals surface area (Å²) in [7, 11) is 0. The van der Waals surface area contributed by atoms with Crippen molar-refractivity contribution in [1.29, 1.82) is 0 Å². The minimum atomic E-state index is 0.237. The van der Waals surface area contributed by atoms with Gasteiger partial charge >= 0.3 is 0 Å². The number of nitrogens with one attached hydrogen (secondary N) is 1. The molecule has 4 heteroatoms. The van der Waals surface area contributed by atoms with Gasteiger partial charge in [-0.1, -0.05) is 34.1 Å². The summed E-state index contributed by atoms with van der Waals surface area (Å²) < 4.78 is 1.13. The second kappa shape index (κ2) is 8.14. The minimum Gasteiger partial charge on any atom is -0.396 e. The van der Waals surface area contributed by atoms with Crippen molar-refractivity contribution in [2.75, 3.05) is 18.6 Å². The lowest BCUT2D eigenvalue weighted by Gasteiger charge is -2.23. The molecule has 0 spiro atoms. The Bertz CT molecular complexity index is 329. The van der Waals surface area contributed by atoms with E-state index in [1.165, 1.54) is 5.56 Å². The van der Waals surface area contributed by atoms with Crippen LogP contribution in [0.4, 0.5) is 0 Å². The summed E-state index contributed by atoms with van der Waals surface area (Å²) in [6.07, 6.45) is 2.89. The Labute approximate surface area is 116 Å². The van der Waals surface area contributed by atoms with Crippen LogP contribution in [-0.2, 0) is 0 Å². The van der Waals surface area contributed by atoms with Crippen molar-refractivity contribution in [3.63, 3.8) is 0 Å². The smallest absolute Gasteiger partial charge is 0.0446 e. The molecule has 0 amide bonds. The lowest BCUT2D eigenvalue weighted by Crippen LogP contribution is -2.34. The molecule has 0 saturated heterocycles. The third kappa shape index (κ3) is 5.00. The minimum absolute atomic E-state index is 0.237. The summed E-state index contributed by atoms with van der Waals surface area (Å²) in [5, 5.41) is 12.6. The molecule has 0 saturated carbocycles. The number of benzene rings is 1. The van der Waals surface area contributed by atoms with E-state index in [0.29, 0.717) is 6.04 Å². The van der Waals surface area contributed by atoms with Crippen LogP contribution in [-0.4, -0.2) is 29.8 Å². The fourth-order valence-corrected chi connectivity index (χ4v) is 3.13. The van der Waals surface area contributed by atoms with Gasteiger partial charge in [0, 0.05) is 28.9 Å². The van der Waals surface area contributed by atoms with E-state index in [-0.39, 0.29) is 12.6 Å². The second-order valence-corrected chi connectivity index (χ2v) is 5.84. The van der Waals surface area contributed by atoms with E-state index in [4.69, 9.17) is 5.11 Å². The Hall–Kier alpha value is -0.0300. The van der Waals surface area contributed by atoms with E-state index < -0.39 is 0 Å². The standard InChI is InChI=1S/C13H20BrNOS/c1-10(12-5-3-4-6-13(12)14)15-11(7-8-16)9-17-2/h3-6,10-11,15-16H,7-9H2,1-2H3/t10-,11-/m1/s1. The summed E-state index contributed by atoms with van der Waals surface area (Å²) >= 11 is 5.38. The number of halogens is 1. The fourth-order valence-electron chi connectivity index (χ4n) is 1.84. The molecule has 0 radical (unpaired) electrons. The number of thioether (sulfide) groups is 1. The average Bonchev–Trinajstić information content (AvgIpc) is 2.30. The normalized spacial score (nSPS) is 14.6. The monoisotopic (exact) mass is 317 g/mol. The highest BCUT2D eigenvalue weighted by atomic mass is 79.9. The molecular weight excluding hydrogens is 298 g/mol. The van der Waals surface area contributed by atoms with E-state index in [1.54, 1.807) is 11.8 Å². The average molecular weight is 318 g/mol. The first-order valence-electron chi connectivity index (χ1n) is 5.79. The van der Waals surface area contributed by atoms with Crippen molar-refractivity contribution in [1.82, 2.24) is 5.32 Å². The largest absolute Gasteiger partial charge is 0.396 e. The van der Waals surface area contributed by atoms with Gasteiger partial charge in [-0.25, -0.2) is 0 Å². The zero-order chi connectivity index (χ0) is 12.7. The molecule has 2 nitrogen and oxygen atoms in total. The molecule has 2 atom stereocenters. The maximum atomic E-state index is 9.04. The van der Waals surface area contributed by atoms with Crippen LogP contribution in [0, 0.1) is 0 Å². The molecule has 0 bridgehead atoms. The SMILES string of the molecule is CSC[C@@H](CCO)N[C@H](C)c1ccccc1Br. The molecule has 0 aliphatic heterocycles. The van der Waals surface area contributed by atoms with Gasteiger partial charge in [-0.15, -0.1) is 0 Å². The molecular formula is C13H20BrNOS. The van der Waals surface area contributed by atoms with E-state index >= 15 is 0 Å². The van der Waals surface area contributed by atoms with Crippen LogP contribution in [0.25, 0.3) is 0 Å². The van der Waals surface area contributed by atoms with Crippen molar-refractivity contribution in [3.05, 3.63) is 34.3 Å². The summed E-state index contributed by atoms with van der Waals surface area (Å²) in [5.41, 5.74) is 1.26. The molecule has 0 fully saturated rings. The van der Waals surface area contributed by atoms with E-state index in [1.807, 2.05) is 12.1 Å². The topological polar surface area (TPSA) is 32.3 Å². The molecule has 0 aliphatic carbocycles. The van der Waals surface area contributed by atoms with Gasteiger partial charge in [-0.05, 0) is 31.2 Å². The zero-order valence-corrected chi connectivity index (χ0v) is 12.7. The summed E-state index contributed by atoms with van der Waals surface area (Å²) in [6, 6.07) is 8.90. The van der Waals surface area contributed by atoms with Crippen molar-refractivity contribution in [2.24, 2.45) is 0 Å². The van der Waals surface area contributed by atoms with E-state index in [2.05, 4.69) is 46.6 Å². The van der Waals surface area contributed by atoms with Crippen molar-refractivity contribution in [3.8, 4) is 0 Å². The fraction of sp³-hybridized carbons (Fsp3) is 0.538. The zero-order valence-electron chi connectivity index (χ0n) is 10.3. The number of aliphatic hydroxyl groups is 1. The van der Waals surface area contributed by atoms with Crippen LogP contribution < -0.4 is 5.32 Å². The second-order valence-electron chi connectivity index (χ2n) is 4.07. The molecule has 2 N–H and O–H groups in total. The van der Waals surface area contributed by atoms with Crippen LogP contribution in [0.3, 0.4) is 0 Å². The Balaban J connectivity index is 2.63. The number of aliphatic hydroxyl groups excluding tert-OH is 1. The number of hydrogen-bond acceptors (Lipinski definition) is 3. The Morgan fingerprint density at radius 3 is 2.71 bits per heavy atom. The first kappa shape index (κ1) is 15.0. The van der Waals surface area contributed by atoms with Gasteiger partial charge in [0.1, 0.15) is 0 Å². The molecule has 1 aromatic carbocycles. The van der Waals surface area contributed by atoms with Crippen LogP contribution in [0.2, 0.25) is 0 Å². The van der Waals surface area contributed by atoms with Gasteiger partial charge in [0.15, 0.2) is 0 Å². The Morgan fingerprint density at radius 1 is 1.41 bits per heavy atom. The third-order valence-corrected chi connectivity index (χ3v) is 4.16. The first-order valence-corrected chi connectivity index (χ1v) is 7.98. The van der Waals surface area contributed by atoms with Gasteiger partial charge < -0.3 is 10.4 Å². The lowest BCUT2D eigenvalue weighted by atomic mass is 10.1. The predicted molar refractivity (Wildman–Crippen MR) is 79.6 cm³/mol. The number of rotatable bonds is 7. The highest BCUT2D eigenvalue weighted by Crippen LogP contribution is 2.23. The Kier molecular flexibility index (Phi) is 7.19. The van der Waals surface area contributed by atoms with E-state index in [9.17, 15) is 0 Å². The third-order valence-electron chi connectivity index (χ3n) is 2.70. The quantitative estimate of drug-likeness (QED) is 0.810. The van der Waals surface area contributed by atoms with Crippen molar-refractivity contribution >= 4 is 27.7 Å². The molecule has 1 aromatic rings. The highest BCUT2D eigenvalue weighted by molar-refractivity contribution is 9.10. The molecule has 1 rings (SSSR count). The summed E-state index contributed by atoms with van der Waals surface area (Å²) in [6.45, 7) is 2.39. The molecule has 0 heterocycles. The van der Waals surface area contributed by atoms with Crippen LogP contribution in [0.1, 0.15) is 24.9 Å². The van der Waals surface area contributed by atoms with E-state index in [0.717, 1.165) is 16.6 Å². The van der Waals surface area contributed by atoms with Crippen LogP contribution in [0.15, 0.2) is 28.7 Å². The first-order chi connectivity index (χ1) is 8.19. The maximum absolute atomic E-state index is 9.04. The van der Waals surface area contributed by atoms with Gasteiger partial charge in [-0.2, -0.15) is 11.8 Å². The Morgan fingerprint density at radius 2 is 2.12 bits per heavy atom. The van der Waals surface area contributed by atoms with Crippen LogP contribution >= 0.6 is 27.7 Å². The molecule has 17 heavy (non-hydrogen) atoms. The summed E-state index contributed by atoms with van der Waals surface area (Å²) in [5.74, 6) is 1.02. The van der Waals surface area contributed by atoms with Gasteiger partial charge in [-0.3, -0.25) is 0 Å². The van der Waals surface area contributed by atoms with Gasteiger partial charge in [0.05, 0.1) is 0 Å². The maximum Gasteiger partial charge on any atom is 0.0446 e. The van der Waals surface area contributed by atoms with Gasteiger partial charge in [0.25, 0.3) is 0 Å². The molecule has 0 aromatic heterocycles. The van der Waals surface area contributed by atoms with Crippen LogP contribution in [0.5, 0.6) is 0 Å². The summed E-state index contributed by atoms with van der Waals surface area (Å²) in [4.78, 5) is 0. The predicted octanol–water partition coefficient (Wildman–Crippen LogP) is 3.21. The van der Waals surface area contributed by atoms with Crippen molar-refractivity contribution in [2.45, 2.75) is 25.4 Å². The highest BCUT2D eigenvalue weighted by Gasteiger charge is 2.14. The number of hydrogen-bond donors (Lipinski definition) is 2. The molecule has 96 valence electrons. The molecule has 0 unspecified atom stereocenters.